The van der Waals surface area contributed by atoms with E-state index >= 15 is 0 Å². The van der Waals surface area contributed by atoms with E-state index in [4.69, 9.17) is 0 Å². The van der Waals surface area contributed by atoms with Gasteiger partial charge in [-0.1, -0.05) is 0 Å². The van der Waals surface area contributed by atoms with Crippen molar-refractivity contribution in [2.75, 3.05) is 45.2 Å². The van der Waals surface area contributed by atoms with Gasteiger partial charge in [0, 0.05) is 58.3 Å². The Balaban J connectivity index is 1.55. The highest BCUT2D eigenvalue weighted by Crippen LogP contribution is 2.41. The highest BCUT2D eigenvalue weighted by molar-refractivity contribution is 5.98. The second-order valence-corrected chi connectivity index (χ2v) is 8.82. The van der Waals surface area contributed by atoms with Crippen LogP contribution in [0.25, 0.3) is 0 Å². The molecule has 2 amide bonds. The summed E-state index contributed by atoms with van der Waals surface area (Å²) in [7, 11) is 3.55. The van der Waals surface area contributed by atoms with Crippen molar-refractivity contribution in [1.29, 1.82) is 0 Å². The van der Waals surface area contributed by atoms with Crippen molar-refractivity contribution in [1.82, 2.24) is 14.8 Å². The SMILES string of the molecule is CN(C)C(=O)c1cccnc1N1CCC[C@@]2(CCC(=O)N(CC3CC3)C2)C1. The molecule has 4 rings (SSSR count). The van der Waals surface area contributed by atoms with Crippen LogP contribution in [0.4, 0.5) is 5.82 Å². The number of piperidine rings is 2. The largest absolute Gasteiger partial charge is 0.355 e. The first kappa shape index (κ1) is 18.3. The number of pyridine rings is 1. The molecule has 1 saturated carbocycles. The second-order valence-electron chi connectivity index (χ2n) is 8.82. The van der Waals surface area contributed by atoms with E-state index in [0.717, 1.165) is 57.2 Å². The molecule has 6 nitrogen and oxygen atoms in total. The Morgan fingerprint density at radius 3 is 2.85 bits per heavy atom. The number of aromatic nitrogens is 1. The van der Waals surface area contributed by atoms with Crippen LogP contribution in [0.1, 0.15) is 48.9 Å². The Hall–Kier alpha value is -2.11. The Bertz CT molecular complexity index is 731. The predicted octanol–water partition coefficient (Wildman–Crippen LogP) is 2.40. The molecule has 0 radical (unpaired) electrons. The van der Waals surface area contributed by atoms with Gasteiger partial charge in [0.1, 0.15) is 5.82 Å². The lowest BCUT2D eigenvalue weighted by atomic mass is 9.73. The van der Waals surface area contributed by atoms with E-state index in [-0.39, 0.29) is 11.3 Å². The normalized spacial score (nSPS) is 25.8. The molecule has 3 aliphatic rings. The van der Waals surface area contributed by atoms with Gasteiger partial charge < -0.3 is 14.7 Å². The lowest BCUT2D eigenvalue weighted by Crippen LogP contribution is -2.54. The molecule has 1 aliphatic carbocycles. The molecule has 6 heteroatoms. The summed E-state index contributed by atoms with van der Waals surface area (Å²) >= 11 is 0. The van der Waals surface area contributed by atoms with Gasteiger partial charge in [-0.3, -0.25) is 9.59 Å². The number of hydrogen-bond acceptors (Lipinski definition) is 4. The summed E-state index contributed by atoms with van der Waals surface area (Å²) in [6, 6.07) is 3.70. The van der Waals surface area contributed by atoms with Crippen LogP contribution in [0.3, 0.4) is 0 Å². The molecule has 0 unspecified atom stereocenters. The molecular weight excluding hydrogens is 340 g/mol. The molecule has 3 heterocycles. The van der Waals surface area contributed by atoms with Crippen molar-refractivity contribution < 1.29 is 9.59 Å². The maximum absolute atomic E-state index is 12.6. The van der Waals surface area contributed by atoms with Crippen molar-refractivity contribution in [3.63, 3.8) is 0 Å². The van der Waals surface area contributed by atoms with Gasteiger partial charge >= 0.3 is 0 Å². The van der Waals surface area contributed by atoms with Crippen LogP contribution >= 0.6 is 0 Å². The topological polar surface area (TPSA) is 56.8 Å². The van der Waals surface area contributed by atoms with Crippen LogP contribution in [-0.4, -0.2) is 66.9 Å². The molecule has 27 heavy (non-hydrogen) atoms. The summed E-state index contributed by atoms with van der Waals surface area (Å²) in [5.41, 5.74) is 0.804. The van der Waals surface area contributed by atoms with E-state index in [0.29, 0.717) is 17.9 Å². The fourth-order valence-corrected chi connectivity index (χ4v) is 4.66. The average molecular weight is 370 g/mol. The Morgan fingerprint density at radius 1 is 1.30 bits per heavy atom. The Labute approximate surface area is 161 Å². The van der Waals surface area contributed by atoms with E-state index in [2.05, 4.69) is 14.8 Å². The number of hydrogen-bond donors (Lipinski definition) is 0. The first-order chi connectivity index (χ1) is 13.0. The first-order valence-electron chi connectivity index (χ1n) is 10.2. The van der Waals surface area contributed by atoms with Crippen LogP contribution < -0.4 is 4.90 Å². The zero-order valence-corrected chi connectivity index (χ0v) is 16.5. The maximum Gasteiger partial charge on any atom is 0.257 e. The lowest BCUT2D eigenvalue weighted by Gasteiger charge is -2.48. The van der Waals surface area contributed by atoms with E-state index in [1.165, 1.54) is 12.8 Å². The smallest absolute Gasteiger partial charge is 0.257 e. The number of rotatable bonds is 4. The van der Waals surface area contributed by atoms with Gasteiger partial charge in [0.2, 0.25) is 5.91 Å². The van der Waals surface area contributed by atoms with Crippen molar-refractivity contribution in [3.8, 4) is 0 Å². The monoisotopic (exact) mass is 370 g/mol. The fraction of sp³-hybridized carbons (Fsp3) is 0.667. The van der Waals surface area contributed by atoms with E-state index in [9.17, 15) is 9.59 Å². The quantitative estimate of drug-likeness (QED) is 0.817. The zero-order chi connectivity index (χ0) is 19.0. The molecule has 0 N–H and O–H groups in total. The summed E-state index contributed by atoms with van der Waals surface area (Å²) in [5.74, 6) is 1.84. The second kappa shape index (κ2) is 7.13. The standard InChI is InChI=1S/C21H30N4O2/c1-23(2)20(27)17-5-3-11-22-19(17)24-12-4-9-21(14-24)10-8-18(26)25(15-21)13-16-6-7-16/h3,5,11,16H,4,6-10,12-15H2,1-2H3/t21-/m1/s1. The van der Waals surface area contributed by atoms with Crippen molar-refractivity contribution in [2.45, 2.75) is 38.5 Å². The predicted molar refractivity (Wildman–Crippen MR) is 105 cm³/mol. The molecule has 1 aromatic heterocycles. The summed E-state index contributed by atoms with van der Waals surface area (Å²) in [6.45, 7) is 3.60. The molecule has 1 spiro atoms. The minimum Gasteiger partial charge on any atom is -0.355 e. The van der Waals surface area contributed by atoms with E-state index in [1.807, 2.05) is 12.1 Å². The number of anilines is 1. The van der Waals surface area contributed by atoms with Gasteiger partial charge in [0.05, 0.1) is 5.56 Å². The van der Waals surface area contributed by atoms with Gasteiger partial charge in [0.15, 0.2) is 0 Å². The minimum atomic E-state index is -0.00750. The molecule has 0 aromatic carbocycles. The summed E-state index contributed by atoms with van der Waals surface area (Å²) < 4.78 is 0. The average Bonchev–Trinajstić information content (AvgIpc) is 3.48. The number of amides is 2. The summed E-state index contributed by atoms with van der Waals surface area (Å²) in [6.07, 6.45) is 8.16. The number of carbonyl (C=O) groups is 2. The van der Waals surface area contributed by atoms with Crippen molar-refractivity contribution >= 4 is 17.6 Å². The molecule has 2 aliphatic heterocycles. The molecule has 1 aromatic rings. The van der Waals surface area contributed by atoms with E-state index in [1.54, 1.807) is 25.2 Å². The third kappa shape index (κ3) is 3.80. The molecule has 3 fully saturated rings. The minimum absolute atomic E-state index is 0.00750. The number of carbonyl (C=O) groups excluding carboxylic acids is 2. The fourth-order valence-electron chi connectivity index (χ4n) is 4.66. The maximum atomic E-state index is 12.6. The summed E-state index contributed by atoms with van der Waals surface area (Å²) in [4.78, 5) is 35.6. The third-order valence-corrected chi connectivity index (χ3v) is 6.31. The van der Waals surface area contributed by atoms with Crippen molar-refractivity contribution in [3.05, 3.63) is 23.9 Å². The van der Waals surface area contributed by atoms with Gasteiger partial charge in [-0.05, 0) is 50.2 Å². The Morgan fingerprint density at radius 2 is 2.11 bits per heavy atom. The Kier molecular flexibility index (Phi) is 4.82. The van der Waals surface area contributed by atoms with Crippen LogP contribution in [-0.2, 0) is 4.79 Å². The van der Waals surface area contributed by atoms with Gasteiger partial charge in [-0.15, -0.1) is 0 Å². The number of likely N-dealkylation sites (tertiary alicyclic amines) is 1. The van der Waals surface area contributed by atoms with Crippen molar-refractivity contribution in [2.24, 2.45) is 11.3 Å². The van der Waals surface area contributed by atoms with Gasteiger partial charge in [-0.2, -0.15) is 0 Å². The highest BCUT2D eigenvalue weighted by atomic mass is 16.2. The van der Waals surface area contributed by atoms with Gasteiger partial charge in [0.25, 0.3) is 5.91 Å². The van der Waals surface area contributed by atoms with Gasteiger partial charge in [-0.25, -0.2) is 4.98 Å². The lowest BCUT2D eigenvalue weighted by molar-refractivity contribution is -0.138. The molecule has 0 bridgehead atoms. The summed E-state index contributed by atoms with van der Waals surface area (Å²) in [5, 5.41) is 0. The van der Waals surface area contributed by atoms with Crippen LogP contribution in [0.2, 0.25) is 0 Å². The molecule has 146 valence electrons. The van der Waals surface area contributed by atoms with Crippen LogP contribution in [0, 0.1) is 11.3 Å². The first-order valence-corrected chi connectivity index (χ1v) is 10.2. The molecule has 1 atom stereocenters. The molecular formula is C21H30N4O2. The molecule has 2 saturated heterocycles. The third-order valence-electron chi connectivity index (χ3n) is 6.31. The van der Waals surface area contributed by atoms with Crippen LogP contribution in [0.5, 0.6) is 0 Å². The highest BCUT2D eigenvalue weighted by Gasteiger charge is 2.43. The van der Waals surface area contributed by atoms with E-state index < -0.39 is 0 Å². The zero-order valence-electron chi connectivity index (χ0n) is 16.5. The van der Waals surface area contributed by atoms with Crippen LogP contribution in [0.15, 0.2) is 18.3 Å². The number of nitrogens with zero attached hydrogens (tertiary/aromatic N) is 4.